The number of nitro groups is 1. The van der Waals surface area contributed by atoms with Gasteiger partial charge in [-0.3, -0.25) is 19.7 Å². The van der Waals surface area contributed by atoms with Gasteiger partial charge in [-0.1, -0.05) is 17.3 Å². The molecule has 0 aliphatic carbocycles. The Bertz CT molecular complexity index is 985. The Morgan fingerprint density at radius 1 is 1.11 bits per heavy atom. The molecular weight excluding hydrogens is 354 g/mol. The van der Waals surface area contributed by atoms with E-state index in [1.165, 1.54) is 31.4 Å². The summed E-state index contributed by atoms with van der Waals surface area (Å²) in [6, 6.07) is 12.3. The van der Waals surface area contributed by atoms with Gasteiger partial charge in [0, 0.05) is 17.7 Å². The first-order valence-corrected chi connectivity index (χ1v) is 8.02. The molecule has 0 unspecified atom stereocenters. The number of para-hydroxylation sites is 2. The Morgan fingerprint density at radius 3 is 2.48 bits per heavy atom. The van der Waals surface area contributed by atoms with E-state index in [0.29, 0.717) is 17.0 Å². The molecule has 0 bridgehead atoms. The molecule has 27 heavy (non-hydrogen) atoms. The lowest BCUT2D eigenvalue weighted by molar-refractivity contribution is -0.384. The van der Waals surface area contributed by atoms with Crippen molar-refractivity contribution >= 4 is 28.9 Å². The van der Waals surface area contributed by atoms with Gasteiger partial charge in [0.05, 0.1) is 17.7 Å². The number of rotatable bonds is 4. The lowest BCUT2D eigenvalue weighted by atomic mass is 9.94. The van der Waals surface area contributed by atoms with Gasteiger partial charge in [0.15, 0.2) is 0 Å². The zero-order valence-electron chi connectivity index (χ0n) is 14.1. The third-order valence-electron chi connectivity index (χ3n) is 4.51. The maximum absolute atomic E-state index is 13.0. The molecule has 0 radical (unpaired) electrons. The fourth-order valence-corrected chi connectivity index (χ4v) is 3.22. The number of anilines is 1. The van der Waals surface area contributed by atoms with E-state index in [-0.39, 0.29) is 11.4 Å². The average molecular weight is 367 g/mol. The van der Waals surface area contributed by atoms with Crippen LogP contribution in [-0.2, 0) is 14.4 Å². The van der Waals surface area contributed by atoms with Crippen LogP contribution in [0.2, 0.25) is 0 Å². The Kier molecular flexibility index (Phi) is 3.84. The highest BCUT2D eigenvalue weighted by Gasteiger charge is 2.56. The summed E-state index contributed by atoms with van der Waals surface area (Å²) in [6.07, 6.45) is -1.06. The number of hydrogen-bond donors (Lipinski definition) is 0. The smallest absolute Gasteiger partial charge is 0.279 e. The number of ether oxygens (including phenoxy) is 1. The van der Waals surface area contributed by atoms with Crippen molar-refractivity contribution in [1.29, 1.82) is 0 Å². The highest BCUT2D eigenvalue weighted by molar-refractivity contribution is 6.32. The fraction of sp³-hybridized carbons (Fsp3) is 0.167. The molecule has 2 aromatic rings. The summed E-state index contributed by atoms with van der Waals surface area (Å²) in [6.45, 7) is 0. The number of hydrogen-bond acceptors (Lipinski definition) is 7. The Labute approximate surface area is 152 Å². The highest BCUT2D eigenvalue weighted by atomic mass is 16.7. The van der Waals surface area contributed by atoms with Gasteiger partial charge < -0.3 is 9.57 Å². The topological polar surface area (TPSA) is 111 Å². The Morgan fingerprint density at radius 2 is 1.81 bits per heavy atom. The summed E-state index contributed by atoms with van der Waals surface area (Å²) in [5, 5.41) is 14.7. The molecule has 1 fully saturated rings. The van der Waals surface area contributed by atoms with Gasteiger partial charge in [0.25, 0.3) is 11.6 Å². The number of benzene rings is 2. The Hall–Kier alpha value is -3.75. The molecule has 136 valence electrons. The maximum Gasteiger partial charge on any atom is 0.279 e. The number of non-ortho nitro benzene ring substituents is 1. The molecule has 2 amide bonds. The van der Waals surface area contributed by atoms with Crippen LogP contribution >= 0.6 is 0 Å². The molecular formula is C18H13N3O6. The first-order chi connectivity index (χ1) is 13.0. The van der Waals surface area contributed by atoms with Gasteiger partial charge in [-0.2, -0.15) is 0 Å². The second-order valence-electron chi connectivity index (χ2n) is 5.97. The SMILES string of the molecule is COc1ccccc1N1C(=O)[C@H]2C(c3ccc([N+](=O)[O-])cc3)=NO[C@H]2C1=O. The van der Waals surface area contributed by atoms with Gasteiger partial charge in [0.1, 0.15) is 17.4 Å². The van der Waals surface area contributed by atoms with Crippen molar-refractivity contribution in [1.82, 2.24) is 0 Å². The van der Waals surface area contributed by atoms with Gasteiger partial charge in [-0.05, 0) is 24.3 Å². The molecule has 9 nitrogen and oxygen atoms in total. The fourth-order valence-electron chi connectivity index (χ4n) is 3.22. The van der Waals surface area contributed by atoms with Gasteiger partial charge in [0.2, 0.25) is 12.0 Å². The van der Waals surface area contributed by atoms with Crippen LogP contribution in [0.15, 0.2) is 53.7 Å². The lowest BCUT2D eigenvalue weighted by Gasteiger charge is -2.18. The van der Waals surface area contributed by atoms with Crippen molar-refractivity contribution in [3.63, 3.8) is 0 Å². The molecule has 2 atom stereocenters. The molecule has 2 aromatic carbocycles. The summed E-state index contributed by atoms with van der Waals surface area (Å²) >= 11 is 0. The van der Waals surface area contributed by atoms with Crippen LogP contribution in [0.3, 0.4) is 0 Å². The quantitative estimate of drug-likeness (QED) is 0.463. The van der Waals surface area contributed by atoms with Crippen LogP contribution in [0.4, 0.5) is 11.4 Å². The van der Waals surface area contributed by atoms with E-state index < -0.39 is 28.8 Å². The minimum Gasteiger partial charge on any atom is -0.495 e. The first kappa shape index (κ1) is 16.7. The summed E-state index contributed by atoms with van der Waals surface area (Å²) < 4.78 is 5.24. The minimum atomic E-state index is -1.06. The highest BCUT2D eigenvalue weighted by Crippen LogP contribution is 2.38. The summed E-state index contributed by atoms with van der Waals surface area (Å²) in [5.41, 5.74) is 0.997. The van der Waals surface area contributed by atoms with Crippen molar-refractivity contribution in [2.45, 2.75) is 6.10 Å². The van der Waals surface area contributed by atoms with Crippen LogP contribution in [0.1, 0.15) is 5.56 Å². The van der Waals surface area contributed by atoms with Crippen LogP contribution < -0.4 is 9.64 Å². The predicted molar refractivity (Wildman–Crippen MR) is 93.5 cm³/mol. The molecule has 2 heterocycles. The van der Waals surface area contributed by atoms with Crippen LogP contribution in [0, 0.1) is 16.0 Å². The van der Waals surface area contributed by atoms with Crippen molar-refractivity contribution < 1.29 is 24.1 Å². The van der Waals surface area contributed by atoms with E-state index in [1.54, 1.807) is 24.3 Å². The molecule has 0 N–H and O–H groups in total. The summed E-state index contributed by atoms with van der Waals surface area (Å²) in [5.74, 6) is -1.55. The van der Waals surface area contributed by atoms with E-state index in [9.17, 15) is 19.7 Å². The number of nitro benzene ring substituents is 1. The number of nitrogens with zero attached hydrogens (tertiary/aromatic N) is 3. The molecule has 2 aliphatic heterocycles. The van der Waals surface area contributed by atoms with Gasteiger partial charge in [-0.15, -0.1) is 0 Å². The number of fused-ring (bicyclic) bond motifs is 1. The summed E-state index contributed by atoms with van der Waals surface area (Å²) in [4.78, 5) is 42.3. The third kappa shape index (κ3) is 2.51. The second-order valence-corrected chi connectivity index (χ2v) is 5.97. The maximum atomic E-state index is 13.0. The van der Waals surface area contributed by atoms with Gasteiger partial charge in [-0.25, -0.2) is 4.90 Å². The molecule has 2 aliphatic rings. The zero-order chi connectivity index (χ0) is 19.1. The third-order valence-corrected chi connectivity index (χ3v) is 4.51. The number of carbonyl (C=O) groups is 2. The zero-order valence-corrected chi connectivity index (χ0v) is 14.1. The van der Waals surface area contributed by atoms with Crippen molar-refractivity contribution in [2.24, 2.45) is 11.1 Å². The molecule has 4 rings (SSSR count). The van der Waals surface area contributed by atoms with E-state index in [1.807, 2.05) is 0 Å². The molecule has 0 saturated carbocycles. The lowest BCUT2D eigenvalue weighted by Crippen LogP contribution is -2.33. The van der Waals surface area contributed by atoms with Crippen molar-refractivity contribution in [3.8, 4) is 5.75 Å². The normalized spacial score (nSPS) is 20.9. The van der Waals surface area contributed by atoms with E-state index in [4.69, 9.17) is 9.57 Å². The molecule has 1 saturated heterocycles. The van der Waals surface area contributed by atoms with Crippen LogP contribution in [-0.4, -0.2) is 35.7 Å². The second kappa shape index (κ2) is 6.20. The monoisotopic (exact) mass is 367 g/mol. The van der Waals surface area contributed by atoms with Crippen LogP contribution in [0.5, 0.6) is 5.75 Å². The van der Waals surface area contributed by atoms with Crippen LogP contribution in [0.25, 0.3) is 0 Å². The largest absolute Gasteiger partial charge is 0.495 e. The minimum absolute atomic E-state index is 0.0840. The summed E-state index contributed by atoms with van der Waals surface area (Å²) in [7, 11) is 1.45. The van der Waals surface area contributed by atoms with E-state index in [0.717, 1.165) is 4.90 Å². The van der Waals surface area contributed by atoms with E-state index >= 15 is 0 Å². The number of carbonyl (C=O) groups excluding carboxylic acids is 2. The van der Waals surface area contributed by atoms with Crippen molar-refractivity contribution in [2.75, 3.05) is 12.0 Å². The Balaban J connectivity index is 1.69. The predicted octanol–water partition coefficient (Wildman–Crippen LogP) is 1.90. The van der Waals surface area contributed by atoms with Gasteiger partial charge >= 0.3 is 0 Å². The number of methoxy groups -OCH3 is 1. The first-order valence-electron chi connectivity index (χ1n) is 8.02. The molecule has 0 aromatic heterocycles. The number of oxime groups is 1. The average Bonchev–Trinajstić information content (AvgIpc) is 3.22. The van der Waals surface area contributed by atoms with Crippen molar-refractivity contribution in [3.05, 3.63) is 64.2 Å². The number of imide groups is 1. The van der Waals surface area contributed by atoms with E-state index in [2.05, 4.69) is 5.16 Å². The standard InChI is InChI=1S/C18H13N3O6/c1-26-13-5-3-2-4-12(13)20-17(22)14-15(19-27-16(14)18(20)23)10-6-8-11(9-7-10)21(24)25/h2-9,14,16H,1H3/t14-,16+/m0/s1. The molecule has 0 spiro atoms. The molecule has 9 heteroatoms. The number of amides is 2.